The number of carbonyl (C=O) groups is 1. The topological polar surface area (TPSA) is 59.6 Å². The fourth-order valence-electron chi connectivity index (χ4n) is 4.13. The molecule has 2 aliphatic rings. The third-order valence-corrected chi connectivity index (χ3v) is 5.56. The summed E-state index contributed by atoms with van der Waals surface area (Å²) >= 11 is 0. The van der Waals surface area contributed by atoms with Crippen molar-refractivity contribution < 1.29 is 26.7 Å². The lowest BCUT2D eigenvalue weighted by atomic mass is 9.91. The summed E-state index contributed by atoms with van der Waals surface area (Å²) in [5, 5.41) is 7.54. The second-order valence-corrected chi connectivity index (χ2v) is 8.23. The van der Waals surface area contributed by atoms with E-state index in [0.717, 1.165) is 12.1 Å². The largest absolute Gasteiger partial charge is 0.416 e. The Morgan fingerprint density at radius 3 is 2.40 bits per heavy atom. The van der Waals surface area contributed by atoms with Crippen LogP contribution >= 0.6 is 0 Å². The molecule has 11 heteroatoms. The Morgan fingerprint density at radius 1 is 1.23 bits per heavy atom. The summed E-state index contributed by atoms with van der Waals surface area (Å²) in [7, 11) is 3.49. The van der Waals surface area contributed by atoms with E-state index in [1.165, 1.54) is 0 Å². The van der Waals surface area contributed by atoms with Gasteiger partial charge in [-0.25, -0.2) is 19.2 Å². The molecular formula is C19H26F5N5O. The highest BCUT2D eigenvalue weighted by Gasteiger charge is 2.52. The van der Waals surface area contributed by atoms with Gasteiger partial charge in [-0.05, 0) is 32.1 Å². The molecule has 30 heavy (non-hydrogen) atoms. The van der Waals surface area contributed by atoms with Crippen molar-refractivity contribution in [2.24, 2.45) is 11.8 Å². The number of nitrogens with zero attached hydrogens (tertiary/aromatic N) is 2. The van der Waals surface area contributed by atoms with Crippen molar-refractivity contribution in [3.63, 3.8) is 0 Å². The number of carbonyl (C=O) groups excluding carboxylic acids is 1. The van der Waals surface area contributed by atoms with Gasteiger partial charge in [-0.2, -0.15) is 13.2 Å². The van der Waals surface area contributed by atoms with E-state index in [1.807, 2.05) is 0 Å². The van der Waals surface area contributed by atoms with Crippen LogP contribution in [0.5, 0.6) is 0 Å². The molecule has 2 heterocycles. The molecule has 0 spiro atoms. The SMILES string of the molecule is CC(C)C(c1ccc(C(F)(F)F)cc1F)N1NC(CF)C2C(=O)NC(N(C)C)NC21. The van der Waals surface area contributed by atoms with Crippen LogP contribution < -0.4 is 16.1 Å². The van der Waals surface area contributed by atoms with Gasteiger partial charge in [-0.1, -0.05) is 19.9 Å². The molecule has 0 aliphatic carbocycles. The number of halogens is 5. The smallest absolute Gasteiger partial charge is 0.327 e. The molecule has 0 aromatic heterocycles. The predicted octanol–water partition coefficient (Wildman–Crippen LogP) is 2.21. The lowest BCUT2D eigenvalue weighted by Gasteiger charge is -2.42. The van der Waals surface area contributed by atoms with Gasteiger partial charge in [0.2, 0.25) is 5.91 Å². The van der Waals surface area contributed by atoms with Crippen LogP contribution in [0.4, 0.5) is 22.0 Å². The van der Waals surface area contributed by atoms with Crippen LogP contribution in [0.15, 0.2) is 18.2 Å². The van der Waals surface area contributed by atoms with Gasteiger partial charge in [0.1, 0.15) is 18.8 Å². The van der Waals surface area contributed by atoms with Crippen molar-refractivity contribution in [3.05, 3.63) is 35.1 Å². The van der Waals surface area contributed by atoms with Crippen LogP contribution in [0.3, 0.4) is 0 Å². The Balaban J connectivity index is 2.00. The molecule has 1 aromatic carbocycles. The quantitative estimate of drug-likeness (QED) is 0.620. The predicted molar refractivity (Wildman–Crippen MR) is 99.8 cm³/mol. The number of hydrogen-bond donors (Lipinski definition) is 3. The number of nitrogens with one attached hydrogen (secondary N) is 3. The summed E-state index contributed by atoms with van der Waals surface area (Å²) in [6, 6.07) is 0.822. The van der Waals surface area contributed by atoms with Gasteiger partial charge in [0.15, 0.2) is 0 Å². The van der Waals surface area contributed by atoms with Crippen molar-refractivity contribution in [2.45, 2.75) is 44.6 Å². The van der Waals surface area contributed by atoms with Gasteiger partial charge in [-0.3, -0.25) is 15.0 Å². The molecule has 3 N–H and O–H groups in total. The van der Waals surface area contributed by atoms with Crippen molar-refractivity contribution in [3.8, 4) is 0 Å². The van der Waals surface area contributed by atoms with E-state index in [9.17, 15) is 26.7 Å². The first-order chi connectivity index (χ1) is 14.0. The Morgan fingerprint density at radius 2 is 1.90 bits per heavy atom. The van der Waals surface area contributed by atoms with E-state index < -0.39 is 54.7 Å². The average Bonchev–Trinajstić information content (AvgIpc) is 3.01. The zero-order valence-electron chi connectivity index (χ0n) is 17.1. The number of alkyl halides is 4. The number of amides is 1. The van der Waals surface area contributed by atoms with Crippen LogP contribution in [-0.4, -0.2) is 55.1 Å². The molecule has 2 fully saturated rings. The third kappa shape index (κ3) is 4.16. The van der Waals surface area contributed by atoms with E-state index in [4.69, 9.17) is 0 Å². The van der Waals surface area contributed by atoms with Crippen molar-refractivity contribution in [1.29, 1.82) is 0 Å². The normalized spacial score (nSPS) is 28.7. The Kier molecular flexibility index (Phi) is 6.38. The first-order valence-corrected chi connectivity index (χ1v) is 9.65. The van der Waals surface area contributed by atoms with Crippen LogP contribution in [0.2, 0.25) is 0 Å². The highest BCUT2D eigenvalue weighted by molar-refractivity contribution is 5.81. The van der Waals surface area contributed by atoms with E-state index in [2.05, 4.69) is 16.1 Å². The first kappa shape index (κ1) is 22.9. The van der Waals surface area contributed by atoms with Gasteiger partial charge in [0.05, 0.1) is 29.7 Å². The fraction of sp³-hybridized carbons (Fsp3) is 0.632. The minimum Gasteiger partial charge on any atom is -0.327 e. The highest BCUT2D eigenvalue weighted by atomic mass is 19.4. The molecule has 3 rings (SSSR count). The van der Waals surface area contributed by atoms with E-state index in [0.29, 0.717) is 6.07 Å². The van der Waals surface area contributed by atoms with Crippen LogP contribution in [-0.2, 0) is 11.0 Å². The fourth-order valence-corrected chi connectivity index (χ4v) is 4.13. The van der Waals surface area contributed by atoms with Crippen LogP contribution in [0.1, 0.15) is 31.0 Å². The van der Waals surface area contributed by atoms with Crippen LogP contribution in [0.25, 0.3) is 0 Å². The number of hydrogen-bond acceptors (Lipinski definition) is 5. The lowest BCUT2D eigenvalue weighted by molar-refractivity contribution is -0.138. The molecule has 1 aromatic rings. The number of rotatable bonds is 5. The zero-order valence-corrected chi connectivity index (χ0v) is 17.1. The summed E-state index contributed by atoms with van der Waals surface area (Å²) in [4.78, 5) is 14.4. The third-order valence-electron chi connectivity index (χ3n) is 5.56. The number of hydrazine groups is 1. The second kappa shape index (κ2) is 8.37. The number of fused-ring (bicyclic) bond motifs is 1. The Labute approximate surface area is 171 Å². The van der Waals surface area contributed by atoms with Crippen LogP contribution in [0, 0.1) is 17.7 Å². The second-order valence-electron chi connectivity index (χ2n) is 8.23. The number of benzene rings is 1. The molecule has 5 atom stereocenters. The maximum atomic E-state index is 14.8. The first-order valence-electron chi connectivity index (χ1n) is 9.65. The molecule has 5 unspecified atom stereocenters. The van der Waals surface area contributed by atoms with Crippen molar-refractivity contribution in [1.82, 2.24) is 26.0 Å². The standard InChI is InChI=1S/C19H26F5N5O/c1-9(2)15(11-6-5-10(7-12(11)21)19(22,23)24)29-16-14(13(8-20)27-29)17(30)26-18(25-16)28(3)4/h5-7,9,13-16,18,25,27H,8H2,1-4H3,(H,26,30). The van der Waals surface area contributed by atoms with Gasteiger partial charge < -0.3 is 5.32 Å². The lowest BCUT2D eigenvalue weighted by Crippen LogP contribution is -2.68. The average molecular weight is 435 g/mol. The van der Waals surface area contributed by atoms with Gasteiger partial charge >= 0.3 is 6.18 Å². The molecule has 0 radical (unpaired) electrons. The maximum Gasteiger partial charge on any atom is 0.416 e. The molecule has 1 amide bonds. The summed E-state index contributed by atoms with van der Waals surface area (Å²) < 4.78 is 67.3. The van der Waals surface area contributed by atoms with Gasteiger partial charge in [0, 0.05) is 5.56 Å². The maximum absolute atomic E-state index is 14.8. The Hall–Kier alpha value is -1.82. The van der Waals surface area contributed by atoms with Crippen molar-refractivity contribution in [2.75, 3.05) is 20.8 Å². The van der Waals surface area contributed by atoms with E-state index >= 15 is 0 Å². The minimum absolute atomic E-state index is 0.0398. The van der Waals surface area contributed by atoms with E-state index in [-0.39, 0.29) is 17.4 Å². The Bertz CT molecular complexity index is 787. The zero-order chi connectivity index (χ0) is 22.4. The molecule has 6 nitrogen and oxygen atoms in total. The summed E-state index contributed by atoms with van der Waals surface area (Å²) in [5.74, 6) is -2.40. The summed E-state index contributed by atoms with van der Waals surface area (Å²) in [6.45, 7) is 2.74. The summed E-state index contributed by atoms with van der Waals surface area (Å²) in [6.07, 6.45) is -5.88. The van der Waals surface area contributed by atoms with Gasteiger partial charge in [0.25, 0.3) is 0 Å². The molecule has 0 saturated carbocycles. The summed E-state index contributed by atoms with van der Waals surface area (Å²) in [5.41, 5.74) is 1.91. The van der Waals surface area contributed by atoms with E-state index in [1.54, 1.807) is 37.9 Å². The molecule has 0 bridgehead atoms. The molecule has 168 valence electrons. The molecular weight excluding hydrogens is 409 g/mol. The minimum atomic E-state index is -4.66. The molecule has 2 aliphatic heterocycles. The van der Waals surface area contributed by atoms with Gasteiger partial charge in [-0.15, -0.1) is 0 Å². The molecule has 2 saturated heterocycles. The monoisotopic (exact) mass is 435 g/mol. The highest BCUT2D eigenvalue weighted by Crippen LogP contribution is 2.39. The van der Waals surface area contributed by atoms with Crippen molar-refractivity contribution >= 4 is 5.91 Å².